The summed E-state index contributed by atoms with van der Waals surface area (Å²) in [4.78, 5) is 22.8. The second kappa shape index (κ2) is 5.84. The molecule has 7 nitrogen and oxygen atoms in total. The van der Waals surface area contributed by atoms with Crippen LogP contribution in [-0.4, -0.2) is 33.3 Å². The predicted molar refractivity (Wildman–Crippen MR) is 69.9 cm³/mol. The molecule has 2 aromatic rings. The molecule has 7 heteroatoms. The number of amides is 1. The van der Waals surface area contributed by atoms with Crippen LogP contribution in [-0.2, 0) is 11.3 Å². The fraction of sp³-hybridized carbons (Fsp3) is 0.231. The zero-order chi connectivity index (χ0) is 14.5. The lowest BCUT2D eigenvalue weighted by Gasteiger charge is -2.04. The first kappa shape index (κ1) is 13.5. The topological polar surface area (TPSA) is 108 Å². The predicted octanol–water partition coefficient (Wildman–Crippen LogP) is 0.764. The van der Waals surface area contributed by atoms with Crippen molar-refractivity contribution in [1.82, 2.24) is 15.1 Å². The highest BCUT2D eigenvalue weighted by molar-refractivity contribution is 6.01. The molecule has 1 aromatic carbocycles. The molecule has 0 atom stereocenters. The standard InChI is InChI=1S/C13H12N4O3/c14-6-3-7-15-11(18)8-17-10-5-2-1-4-9(10)12(16-17)13(19)20/h1-2,4-5H,3,7-8H2,(H,15,18)(H,19,20). The van der Waals surface area contributed by atoms with Crippen molar-refractivity contribution < 1.29 is 14.7 Å². The quantitative estimate of drug-likeness (QED) is 0.781. The summed E-state index contributed by atoms with van der Waals surface area (Å²) in [5, 5.41) is 24.5. The van der Waals surface area contributed by atoms with Gasteiger partial charge in [-0.25, -0.2) is 4.79 Å². The maximum Gasteiger partial charge on any atom is 0.357 e. The van der Waals surface area contributed by atoms with E-state index in [-0.39, 0.29) is 31.1 Å². The number of carboxylic acids is 1. The number of carboxylic acid groups (broad SMARTS) is 1. The minimum absolute atomic E-state index is 0.0783. The van der Waals surface area contributed by atoms with Gasteiger partial charge in [0.15, 0.2) is 5.69 Å². The van der Waals surface area contributed by atoms with Gasteiger partial charge in [0.2, 0.25) is 5.91 Å². The molecule has 0 aliphatic carbocycles. The molecule has 2 N–H and O–H groups in total. The van der Waals surface area contributed by atoms with E-state index < -0.39 is 5.97 Å². The van der Waals surface area contributed by atoms with Gasteiger partial charge in [-0.2, -0.15) is 10.4 Å². The number of benzene rings is 1. The van der Waals surface area contributed by atoms with E-state index in [1.807, 2.05) is 6.07 Å². The molecule has 0 aliphatic heterocycles. The number of nitrogens with zero attached hydrogens (tertiary/aromatic N) is 3. The molecular formula is C13H12N4O3. The highest BCUT2D eigenvalue weighted by Gasteiger charge is 2.16. The summed E-state index contributed by atoms with van der Waals surface area (Å²) in [7, 11) is 0. The van der Waals surface area contributed by atoms with Crippen LogP contribution in [0.4, 0.5) is 0 Å². The zero-order valence-electron chi connectivity index (χ0n) is 10.5. The van der Waals surface area contributed by atoms with Crippen molar-refractivity contribution in [3.8, 4) is 6.07 Å². The fourth-order valence-electron chi connectivity index (χ4n) is 1.86. The summed E-state index contributed by atoms with van der Waals surface area (Å²) in [6.07, 6.45) is 0.228. The lowest BCUT2D eigenvalue weighted by Crippen LogP contribution is -2.28. The van der Waals surface area contributed by atoms with Crippen LogP contribution in [0.2, 0.25) is 0 Å². The Morgan fingerprint density at radius 2 is 2.15 bits per heavy atom. The van der Waals surface area contributed by atoms with E-state index in [0.717, 1.165) is 0 Å². The maximum absolute atomic E-state index is 11.7. The van der Waals surface area contributed by atoms with Crippen molar-refractivity contribution in [3.63, 3.8) is 0 Å². The molecule has 1 amide bonds. The van der Waals surface area contributed by atoms with E-state index in [1.54, 1.807) is 24.3 Å². The van der Waals surface area contributed by atoms with Crippen LogP contribution in [0.15, 0.2) is 24.3 Å². The Kier molecular flexibility index (Phi) is 3.96. The molecule has 0 unspecified atom stereocenters. The minimum Gasteiger partial charge on any atom is -0.476 e. The number of aromatic carboxylic acids is 1. The number of hydrogen-bond donors (Lipinski definition) is 2. The van der Waals surface area contributed by atoms with Gasteiger partial charge in [0, 0.05) is 11.9 Å². The van der Waals surface area contributed by atoms with Gasteiger partial charge in [-0.05, 0) is 6.07 Å². The van der Waals surface area contributed by atoms with Gasteiger partial charge >= 0.3 is 5.97 Å². The summed E-state index contributed by atoms with van der Waals surface area (Å²) in [6.45, 7) is 0.180. The van der Waals surface area contributed by atoms with Crippen LogP contribution in [0.25, 0.3) is 10.9 Å². The Hall–Kier alpha value is -2.88. The molecule has 2 rings (SSSR count). The first-order chi connectivity index (χ1) is 9.63. The van der Waals surface area contributed by atoms with Crippen LogP contribution in [0.5, 0.6) is 0 Å². The van der Waals surface area contributed by atoms with Crippen LogP contribution in [0, 0.1) is 11.3 Å². The number of carbonyl (C=O) groups is 2. The first-order valence-electron chi connectivity index (χ1n) is 5.96. The largest absolute Gasteiger partial charge is 0.476 e. The zero-order valence-corrected chi connectivity index (χ0v) is 10.5. The molecular weight excluding hydrogens is 260 g/mol. The number of para-hydroxylation sites is 1. The molecule has 1 heterocycles. The summed E-state index contributed by atoms with van der Waals surface area (Å²) in [5.74, 6) is -1.45. The Labute approximate surface area is 114 Å². The Morgan fingerprint density at radius 3 is 2.85 bits per heavy atom. The molecule has 1 aromatic heterocycles. The first-order valence-corrected chi connectivity index (χ1v) is 5.96. The Bertz CT molecular complexity index is 699. The second-order valence-corrected chi connectivity index (χ2v) is 4.09. The third-order valence-electron chi connectivity index (χ3n) is 2.71. The monoisotopic (exact) mass is 272 g/mol. The van der Waals surface area contributed by atoms with E-state index in [1.165, 1.54) is 4.68 Å². The molecule has 102 valence electrons. The number of nitriles is 1. The summed E-state index contributed by atoms with van der Waals surface area (Å²) in [6, 6.07) is 8.74. The summed E-state index contributed by atoms with van der Waals surface area (Å²) < 4.78 is 1.35. The fourth-order valence-corrected chi connectivity index (χ4v) is 1.86. The second-order valence-electron chi connectivity index (χ2n) is 4.09. The van der Waals surface area contributed by atoms with Crippen molar-refractivity contribution in [2.24, 2.45) is 0 Å². The Balaban J connectivity index is 2.24. The molecule has 0 aliphatic rings. The van der Waals surface area contributed by atoms with Gasteiger partial charge in [-0.3, -0.25) is 9.48 Å². The number of carbonyl (C=O) groups excluding carboxylic acids is 1. The highest BCUT2D eigenvalue weighted by atomic mass is 16.4. The SMILES string of the molecule is N#CCCNC(=O)Cn1nc(C(=O)O)c2ccccc21. The van der Waals surface area contributed by atoms with Gasteiger partial charge in [0.05, 0.1) is 18.0 Å². The molecule has 0 saturated heterocycles. The van der Waals surface area contributed by atoms with Crippen molar-refractivity contribution in [1.29, 1.82) is 5.26 Å². The van der Waals surface area contributed by atoms with Gasteiger partial charge in [-0.1, -0.05) is 18.2 Å². The maximum atomic E-state index is 11.7. The van der Waals surface area contributed by atoms with Gasteiger partial charge in [-0.15, -0.1) is 0 Å². The number of hydrogen-bond acceptors (Lipinski definition) is 4. The van der Waals surface area contributed by atoms with E-state index in [0.29, 0.717) is 10.9 Å². The van der Waals surface area contributed by atoms with Gasteiger partial charge in [0.1, 0.15) is 6.54 Å². The van der Waals surface area contributed by atoms with E-state index in [4.69, 9.17) is 10.4 Å². The van der Waals surface area contributed by atoms with Crippen molar-refractivity contribution in [2.45, 2.75) is 13.0 Å². The molecule has 20 heavy (non-hydrogen) atoms. The average molecular weight is 272 g/mol. The van der Waals surface area contributed by atoms with Crippen molar-refractivity contribution in [3.05, 3.63) is 30.0 Å². The minimum atomic E-state index is -1.13. The lowest BCUT2D eigenvalue weighted by molar-refractivity contribution is -0.121. The van der Waals surface area contributed by atoms with E-state index >= 15 is 0 Å². The third-order valence-corrected chi connectivity index (χ3v) is 2.71. The molecule has 0 bridgehead atoms. The van der Waals surface area contributed by atoms with E-state index in [9.17, 15) is 9.59 Å². The van der Waals surface area contributed by atoms with Crippen molar-refractivity contribution >= 4 is 22.8 Å². The van der Waals surface area contributed by atoms with Crippen LogP contribution in [0.1, 0.15) is 16.9 Å². The molecule has 0 fully saturated rings. The number of fused-ring (bicyclic) bond motifs is 1. The number of rotatable bonds is 5. The van der Waals surface area contributed by atoms with Gasteiger partial charge in [0.25, 0.3) is 0 Å². The average Bonchev–Trinajstić information content (AvgIpc) is 2.78. The smallest absolute Gasteiger partial charge is 0.357 e. The van der Waals surface area contributed by atoms with Gasteiger partial charge < -0.3 is 10.4 Å². The van der Waals surface area contributed by atoms with Crippen LogP contribution >= 0.6 is 0 Å². The van der Waals surface area contributed by atoms with Crippen molar-refractivity contribution in [2.75, 3.05) is 6.54 Å². The summed E-state index contributed by atoms with van der Waals surface area (Å²) in [5.41, 5.74) is 0.505. The third kappa shape index (κ3) is 2.75. The number of nitrogens with one attached hydrogen (secondary N) is 1. The molecule has 0 saturated carbocycles. The molecule has 0 radical (unpaired) electrons. The van der Waals surface area contributed by atoms with Crippen LogP contribution in [0.3, 0.4) is 0 Å². The van der Waals surface area contributed by atoms with E-state index in [2.05, 4.69) is 10.4 Å². The van der Waals surface area contributed by atoms with Crippen LogP contribution < -0.4 is 5.32 Å². The highest BCUT2D eigenvalue weighted by Crippen LogP contribution is 2.18. The lowest BCUT2D eigenvalue weighted by atomic mass is 10.2. The number of aromatic nitrogens is 2. The normalized spacial score (nSPS) is 10.2. The Morgan fingerprint density at radius 1 is 1.40 bits per heavy atom. The molecule has 0 spiro atoms. The summed E-state index contributed by atoms with van der Waals surface area (Å²) >= 11 is 0.